The van der Waals surface area contributed by atoms with E-state index in [0.29, 0.717) is 12.8 Å². The van der Waals surface area contributed by atoms with E-state index < -0.39 is 54.3 Å². The van der Waals surface area contributed by atoms with Gasteiger partial charge >= 0.3 is 29.8 Å². The van der Waals surface area contributed by atoms with Gasteiger partial charge in [-0.1, -0.05) is 51.4 Å². The number of ether oxygens (including phenoxy) is 6. The van der Waals surface area contributed by atoms with E-state index >= 15 is 0 Å². The van der Waals surface area contributed by atoms with Crippen molar-refractivity contribution in [2.24, 2.45) is 0 Å². The number of esters is 4. The molecule has 208 valence electrons. The van der Waals surface area contributed by atoms with Gasteiger partial charge in [-0.2, -0.15) is 0 Å². The lowest BCUT2D eigenvalue weighted by Gasteiger charge is -2.16. The van der Waals surface area contributed by atoms with Crippen LogP contribution in [0.15, 0.2) is 0 Å². The minimum Gasteiger partial charge on any atom is -0.473 e. The molecule has 0 spiro atoms. The SMILES string of the molecule is O=CC(=O)O[C@@H]1COC2C1OC[C@H]2OC(=O)C(=O)OCCCCCCCCCCCCOC(=O)C(=O)O. The molecule has 2 saturated heterocycles. The number of fused-ring (bicyclic) bond motifs is 1. The second kappa shape index (κ2) is 16.6. The Kier molecular flexibility index (Phi) is 13.6. The molecule has 1 N–H and O–H groups in total. The molecular formula is C24H34O13. The van der Waals surface area contributed by atoms with Crippen molar-refractivity contribution >= 4 is 36.1 Å². The third-order valence-corrected chi connectivity index (χ3v) is 5.93. The Morgan fingerprint density at radius 1 is 0.649 bits per heavy atom. The molecule has 2 fully saturated rings. The molecule has 0 aliphatic carbocycles. The summed E-state index contributed by atoms with van der Waals surface area (Å²) in [6.45, 7) is 0.183. The van der Waals surface area contributed by atoms with Gasteiger partial charge in [-0.15, -0.1) is 0 Å². The maximum absolute atomic E-state index is 12.0. The summed E-state index contributed by atoms with van der Waals surface area (Å²) in [5.74, 6) is -6.08. The van der Waals surface area contributed by atoms with Gasteiger partial charge < -0.3 is 33.5 Å². The van der Waals surface area contributed by atoms with E-state index in [2.05, 4.69) is 4.74 Å². The second-order valence-electron chi connectivity index (χ2n) is 8.75. The van der Waals surface area contributed by atoms with Crippen molar-refractivity contribution in [2.45, 2.75) is 88.6 Å². The number of aldehydes is 1. The van der Waals surface area contributed by atoms with Crippen molar-refractivity contribution in [2.75, 3.05) is 26.4 Å². The van der Waals surface area contributed by atoms with E-state index in [0.717, 1.165) is 51.4 Å². The Bertz CT molecular complexity index is 796. The molecule has 0 radical (unpaired) electrons. The zero-order valence-electron chi connectivity index (χ0n) is 20.6. The summed E-state index contributed by atoms with van der Waals surface area (Å²) in [7, 11) is 0. The van der Waals surface area contributed by atoms with Gasteiger partial charge in [0.25, 0.3) is 0 Å². The number of carbonyl (C=O) groups is 6. The van der Waals surface area contributed by atoms with Crippen molar-refractivity contribution in [3.63, 3.8) is 0 Å². The molecule has 2 rings (SSSR count). The zero-order valence-corrected chi connectivity index (χ0v) is 20.6. The lowest BCUT2D eigenvalue weighted by molar-refractivity contribution is -0.173. The minimum absolute atomic E-state index is 0.0117. The maximum atomic E-state index is 12.0. The van der Waals surface area contributed by atoms with Gasteiger partial charge in [0.05, 0.1) is 26.4 Å². The predicted molar refractivity (Wildman–Crippen MR) is 121 cm³/mol. The highest BCUT2D eigenvalue weighted by Crippen LogP contribution is 2.30. The Morgan fingerprint density at radius 2 is 1.08 bits per heavy atom. The number of carbonyl (C=O) groups excluding carboxylic acids is 5. The first-order valence-electron chi connectivity index (χ1n) is 12.5. The Hall–Kier alpha value is -3.06. The molecule has 0 saturated carbocycles. The molecule has 4 atom stereocenters. The molecule has 0 bridgehead atoms. The third kappa shape index (κ3) is 10.8. The van der Waals surface area contributed by atoms with Crippen LogP contribution in [0.4, 0.5) is 0 Å². The Labute approximate surface area is 214 Å². The zero-order chi connectivity index (χ0) is 27.0. The fourth-order valence-corrected chi connectivity index (χ4v) is 4.06. The van der Waals surface area contributed by atoms with Crippen LogP contribution in [-0.4, -0.2) is 92.1 Å². The quantitative estimate of drug-likeness (QED) is 0.0978. The van der Waals surface area contributed by atoms with Crippen LogP contribution in [-0.2, 0) is 57.2 Å². The largest absolute Gasteiger partial charge is 0.473 e. The number of rotatable bonds is 16. The fourth-order valence-electron chi connectivity index (χ4n) is 4.06. The standard InChI is InChI=1S/C24H34O13/c25-13-18(26)36-16-14-34-20-17(15-35-19(16)20)37-24(31)23(30)33-12-10-8-6-4-2-1-3-5-7-9-11-32-22(29)21(27)28/h13,16-17,19-20H,1-12,14-15H2,(H,27,28)/t16-,17-,19?,20?/m1/s1. The van der Waals surface area contributed by atoms with Crippen LogP contribution in [0.3, 0.4) is 0 Å². The highest BCUT2D eigenvalue weighted by molar-refractivity contribution is 6.29. The van der Waals surface area contributed by atoms with E-state index in [4.69, 9.17) is 28.8 Å². The van der Waals surface area contributed by atoms with E-state index in [1.807, 2.05) is 0 Å². The van der Waals surface area contributed by atoms with Gasteiger partial charge in [0.15, 0.2) is 12.2 Å². The molecule has 2 heterocycles. The summed E-state index contributed by atoms with van der Waals surface area (Å²) in [4.78, 5) is 66.5. The summed E-state index contributed by atoms with van der Waals surface area (Å²) in [6.07, 6.45) is 6.22. The summed E-state index contributed by atoms with van der Waals surface area (Å²) < 4.78 is 30.4. The number of aliphatic carboxylic acids is 1. The highest BCUT2D eigenvalue weighted by Gasteiger charge is 2.51. The van der Waals surface area contributed by atoms with Crippen LogP contribution < -0.4 is 0 Å². The lowest BCUT2D eigenvalue weighted by Crippen LogP contribution is -2.37. The number of carboxylic acid groups (broad SMARTS) is 1. The first-order valence-corrected chi connectivity index (χ1v) is 12.5. The van der Waals surface area contributed by atoms with Gasteiger partial charge in [0, 0.05) is 0 Å². The molecule has 0 amide bonds. The van der Waals surface area contributed by atoms with Gasteiger partial charge in [-0.05, 0) is 12.8 Å². The van der Waals surface area contributed by atoms with Crippen LogP contribution in [0.2, 0.25) is 0 Å². The van der Waals surface area contributed by atoms with E-state index in [9.17, 15) is 28.8 Å². The van der Waals surface area contributed by atoms with Gasteiger partial charge in [0.2, 0.25) is 6.29 Å². The van der Waals surface area contributed by atoms with Crippen molar-refractivity contribution in [1.82, 2.24) is 0 Å². The summed E-state index contributed by atoms with van der Waals surface area (Å²) in [5, 5.41) is 8.38. The molecule has 13 heteroatoms. The van der Waals surface area contributed by atoms with Crippen molar-refractivity contribution in [3.8, 4) is 0 Å². The van der Waals surface area contributed by atoms with Crippen LogP contribution >= 0.6 is 0 Å². The Balaban J connectivity index is 1.42. The number of hydrogen-bond acceptors (Lipinski definition) is 12. The number of hydrogen-bond donors (Lipinski definition) is 1. The average Bonchev–Trinajstić information content (AvgIpc) is 3.46. The summed E-state index contributed by atoms with van der Waals surface area (Å²) in [6, 6.07) is 0. The molecule has 0 aromatic carbocycles. The van der Waals surface area contributed by atoms with Gasteiger partial charge in [-0.25, -0.2) is 24.0 Å². The second-order valence-corrected chi connectivity index (χ2v) is 8.75. The van der Waals surface area contributed by atoms with E-state index in [1.54, 1.807) is 0 Å². The van der Waals surface area contributed by atoms with Gasteiger partial charge in [-0.3, -0.25) is 4.79 Å². The van der Waals surface area contributed by atoms with Crippen LogP contribution in [0.25, 0.3) is 0 Å². The monoisotopic (exact) mass is 530 g/mol. The van der Waals surface area contributed by atoms with Crippen molar-refractivity contribution < 1.29 is 62.3 Å². The molecule has 2 aliphatic rings. The van der Waals surface area contributed by atoms with Crippen LogP contribution in [0.5, 0.6) is 0 Å². The topological polar surface area (TPSA) is 178 Å². The molecule has 2 unspecified atom stereocenters. The first-order chi connectivity index (χ1) is 17.8. The van der Waals surface area contributed by atoms with Crippen LogP contribution in [0.1, 0.15) is 64.2 Å². The minimum atomic E-state index is -1.58. The third-order valence-electron chi connectivity index (χ3n) is 5.93. The Morgan fingerprint density at radius 3 is 1.54 bits per heavy atom. The van der Waals surface area contributed by atoms with Crippen LogP contribution in [0, 0.1) is 0 Å². The molecule has 13 nitrogen and oxygen atoms in total. The maximum Gasteiger partial charge on any atom is 0.417 e. The summed E-state index contributed by atoms with van der Waals surface area (Å²) in [5.41, 5.74) is 0. The summed E-state index contributed by atoms with van der Waals surface area (Å²) >= 11 is 0. The smallest absolute Gasteiger partial charge is 0.417 e. The molecule has 0 aromatic rings. The fraction of sp³-hybridized carbons (Fsp3) is 0.750. The van der Waals surface area contributed by atoms with Crippen molar-refractivity contribution in [3.05, 3.63) is 0 Å². The average molecular weight is 531 g/mol. The number of carboxylic acids is 1. The highest BCUT2D eigenvalue weighted by atomic mass is 16.7. The lowest BCUT2D eigenvalue weighted by atomic mass is 10.1. The predicted octanol–water partition coefficient (Wildman–Crippen LogP) is 0.879. The normalized spacial score (nSPS) is 22.1. The molecule has 2 aliphatic heterocycles. The number of unbranched alkanes of at least 4 members (excludes halogenated alkanes) is 9. The van der Waals surface area contributed by atoms with Gasteiger partial charge in [0.1, 0.15) is 12.2 Å². The van der Waals surface area contributed by atoms with E-state index in [-0.39, 0.29) is 32.7 Å². The molecular weight excluding hydrogens is 496 g/mol. The molecule has 37 heavy (non-hydrogen) atoms. The first kappa shape index (κ1) is 30.2. The van der Waals surface area contributed by atoms with Crippen molar-refractivity contribution in [1.29, 1.82) is 0 Å². The van der Waals surface area contributed by atoms with E-state index in [1.165, 1.54) is 0 Å². The molecule has 0 aromatic heterocycles.